The molecule has 6 heteroatoms. The van der Waals surface area contributed by atoms with Crippen molar-refractivity contribution in [1.82, 2.24) is 9.88 Å². The number of amides is 1. The quantitative estimate of drug-likeness (QED) is 0.867. The fourth-order valence-electron chi connectivity index (χ4n) is 2.54. The Hall–Kier alpha value is -2.34. The Morgan fingerprint density at radius 2 is 2.30 bits per heavy atom. The molecule has 1 amide bonds. The number of carbonyl (C=O) groups excluding carboxylic acids is 1. The van der Waals surface area contributed by atoms with Crippen molar-refractivity contribution in [2.45, 2.75) is 26.1 Å². The van der Waals surface area contributed by atoms with Crippen LogP contribution >= 0.6 is 0 Å². The molecule has 3 heterocycles. The normalized spacial score (nSPS) is 18.2. The number of carbonyl (C=O) groups is 1. The zero-order valence-corrected chi connectivity index (χ0v) is 13.3. The predicted molar refractivity (Wildman–Crippen MR) is 83.3 cm³/mol. The molecule has 1 atom stereocenters. The van der Waals surface area contributed by atoms with Crippen LogP contribution < -0.4 is 4.74 Å². The number of hydrogen-bond donors (Lipinski definition) is 0. The van der Waals surface area contributed by atoms with Crippen LogP contribution in [0.15, 0.2) is 41.3 Å². The molecule has 3 rings (SSSR count). The van der Waals surface area contributed by atoms with Crippen LogP contribution in [0.3, 0.4) is 0 Å². The fourth-order valence-corrected chi connectivity index (χ4v) is 2.54. The van der Waals surface area contributed by atoms with Crippen molar-refractivity contribution in [3.05, 3.63) is 48.2 Å². The van der Waals surface area contributed by atoms with E-state index in [2.05, 4.69) is 4.98 Å². The first-order chi connectivity index (χ1) is 11.1. The van der Waals surface area contributed by atoms with Gasteiger partial charge in [-0.05, 0) is 32.0 Å². The molecule has 6 nitrogen and oxygen atoms in total. The van der Waals surface area contributed by atoms with Gasteiger partial charge in [0.1, 0.15) is 17.6 Å². The molecule has 0 aromatic carbocycles. The zero-order chi connectivity index (χ0) is 16.2. The van der Waals surface area contributed by atoms with Gasteiger partial charge in [0.15, 0.2) is 0 Å². The second-order valence-electron chi connectivity index (χ2n) is 5.70. The molecule has 1 saturated heterocycles. The van der Waals surface area contributed by atoms with Gasteiger partial charge in [-0.25, -0.2) is 0 Å². The lowest BCUT2D eigenvalue weighted by Crippen LogP contribution is -2.42. The molecule has 0 spiro atoms. The average Bonchev–Trinajstić information content (AvgIpc) is 3.08. The molecular formula is C17H20N2O4. The molecule has 122 valence electrons. The number of aromatic nitrogens is 1. The Kier molecular flexibility index (Phi) is 4.62. The summed E-state index contributed by atoms with van der Waals surface area (Å²) in [5.74, 6) is 1.26. The van der Waals surface area contributed by atoms with E-state index in [1.165, 1.54) is 0 Å². The van der Waals surface area contributed by atoms with Crippen molar-refractivity contribution < 1.29 is 18.7 Å². The molecule has 0 N–H and O–H groups in total. The van der Waals surface area contributed by atoms with Crippen LogP contribution in [0.2, 0.25) is 0 Å². The SMILES string of the molecule is CC(C)Oc1cncc(C(=O)N2CCOC(c3ccco3)C2)c1. The molecule has 2 aromatic heterocycles. The van der Waals surface area contributed by atoms with Crippen molar-refractivity contribution in [1.29, 1.82) is 0 Å². The summed E-state index contributed by atoms with van der Waals surface area (Å²) in [7, 11) is 0. The van der Waals surface area contributed by atoms with Gasteiger partial charge in [-0.2, -0.15) is 0 Å². The Labute approximate surface area is 135 Å². The number of hydrogen-bond acceptors (Lipinski definition) is 5. The first kappa shape index (κ1) is 15.6. The van der Waals surface area contributed by atoms with Gasteiger partial charge in [-0.1, -0.05) is 0 Å². The molecule has 0 saturated carbocycles. The molecular weight excluding hydrogens is 296 g/mol. The fraction of sp³-hybridized carbons (Fsp3) is 0.412. The number of ether oxygens (including phenoxy) is 2. The van der Waals surface area contributed by atoms with E-state index in [4.69, 9.17) is 13.9 Å². The van der Waals surface area contributed by atoms with Gasteiger partial charge in [0, 0.05) is 12.7 Å². The van der Waals surface area contributed by atoms with E-state index in [0.717, 1.165) is 5.76 Å². The highest BCUT2D eigenvalue weighted by Gasteiger charge is 2.28. The summed E-state index contributed by atoms with van der Waals surface area (Å²) < 4.78 is 16.7. The van der Waals surface area contributed by atoms with Crippen LogP contribution in [-0.4, -0.2) is 41.6 Å². The van der Waals surface area contributed by atoms with E-state index in [9.17, 15) is 4.79 Å². The summed E-state index contributed by atoms with van der Waals surface area (Å²) in [6, 6.07) is 5.40. The third kappa shape index (κ3) is 3.71. The molecule has 0 bridgehead atoms. The van der Waals surface area contributed by atoms with Gasteiger partial charge in [-0.3, -0.25) is 9.78 Å². The Balaban J connectivity index is 1.72. The van der Waals surface area contributed by atoms with E-state index < -0.39 is 0 Å². The monoisotopic (exact) mass is 316 g/mol. The van der Waals surface area contributed by atoms with Crippen LogP contribution in [-0.2, 0) is 4.74 Å². The van der Waals surface area contributed by atoms with Gasteiger partial charge < -0.3 is 18.8 Å². The maximum Gasteiger partial charge on any atom is 0.255 e. The highest BCUT2D eigenvalue weighted by molar-refractivity contribution is 5.94. The molecule has 0 aliphatic carbocycles. The van der Waals surface area contributed by atoms with Crippen molar-refractivity contribution in [2.75, 3.05) is 19.7 Å². The molecule has 2 aromatic rings. The summed E-state index contributed by atoms with van der Waals surface area (Å²) >= 11 is 0. The number of rotatable bonds is 4. The van der Waals surface area contributed by atoms with Gasteiger partial charge in [0.25, 0.3) is 5.91 Å². The minimum Gasteiger partial charge on any atom is -0.489 e. The second-order valence-corrected chi connectivity index (χ2v) is 5.70. The van der Waals surface area contributed by atoms with Gasteiger partial charge in [-0.15, -0.1) is 0 Å². The largest absolute Gasteiger partial charge is 0.489 e. The summed E-state index contributed by atoms with van der Waals surface area (Å²) in [5, 5.41) is 0. The Morgan fingerprint density at radius 3 is 3.04 bits per heavy atom. The predicted octanol–water partition coefficient (Wildman–Crippen LogP) is 2.68. The van der Waals surface area contributed by atoms with Gasteiger partial charge >= 0.3 is 0 Å². The first-order valence-electron chi connectivity index (χ1n) is 7.69. The third-order valence-corrected chi connectivity index (χ3v) is 3.55. The number of furan rings is 1. The van der Waals surface area contributed by atoms with Crippen molar-refractivity contribution in [3.63, 3.8) is 0 Å². The van der Waals surface area contributed by atoms with E-state index >= 15 is 0 Å². The van der Waals surface area contributed by atoms with Crippen LogP contribution in [0.5, 0.6) is 5.75 Å². The zero-order valence-electron chi connectivity index (χ0n) is 13.3. The molecule has 1 aliphatic rings. The lowest BCUT2D eigenvalue weighted by molar-refractivity contribution is -0.0321. The molecule has 0 radical (unpaired) electrons. The van der Waals surface area contributed by atoms with E-state index in [1.807, 2.05) is 26.0 Å². The first-order valence-corrected chi connectivity index (χ1v) is 7.69. The highest BCUT2D eigenvalue weighted by atomic mass is 16.5. The maximum atomic E-state index is 12.7. The maximum absolute atomic E-state index is 12.7. The summed E-state index contributed by atoms with van der Waals surface area (Å²) in [6.45, 7) is 5.36. The highest BCUT2D eigenvalue weighted by Crippen LogP contribution is 2.24. The molecule has 1 aliphatic heterocycles. The van der Waals surface area contributed by atoms with Gasteiger partial charge in [0.05, 0.1) is 37.3 Å². The van der Waals surface area contributed by atoms with Crippen molar-refractivity contribution in [2.24, 2.45) is 0 Å². The van der Waals surface area contributed by atoms with Gasteiger partial charge in [0.2, 0.25) is 0 Å². The minimum atomic E-state index is -0.231. The van der Waals surface area contributed by atoms with Crippen LogP contribution in [0.25, 0.3) is 0 Å². The van der Waals surface area contributed by atoms with E-state index in [1.54, 1.807) is 29.6 Å². The summed E-state index contributed by atoms with van der Waals surface area (Å²) in [5.41, 5.74) is 0.517. The van der Waals surface area contributed by atoms with Crippen LogP contribution in [0, 0.1) is 0 Å². The molecule has 1 fully saturated rings. The third-order valence-electron chi connectivity index (χ3n) is 3.55. The Morgan fingerprint density at radius 1 is 1.43 bits per heavy atom. The minimum absolute atomic E-state index is 0.0360. The number of nitrogens with zero attached hydrogens (tertiary/aromatic N) is 2. The average molecular weight is 316 g/mol. The molecule has 23 heavy (non-hydrogen) atoms. The van der Waals surface area contributed by atoms with Crippen molar-refractivity contribution >= 4 is 5.91 Å². The summed E-state index contributed by atoms with van der Waals surface area (Å²) in [6.07, 6.45) is 4.59. The second kappa shape index (κ2) is 6.83. The van der Waals surface area contributed by atoms with Crippen LogP contribution in [0.1, 0.15) is 36.1 Å². The number of pyridine rings is 1. The van der Waals surface area contributed by atoms with E-state index in [0.29, 0.717) is 31.0 Å². The number of morpholine rings is 1. The van der Waals surface area contributed by atoms with Crippen molar-refractivity contribution in [3.8, 4) is 5.75 Å². The van der Waals surface area contributed by atoms with Crippen LogP contribution in [0.4, 0.5) is 0 Å². The lowest BCUT2D eigenvalue weighted by atomic mass is 10.2. The smallest absolute Gasteiger partial charge is 0.255 e. The standard InChI is InChI=1S/C17H20N2O4/c1-12(2)23-14-8-13(9-18-10-14)17(20)19-5-7-22-16(11-19)15-4-3-6-21-15/h3-4,6,8-10,12,16H,5,7,11H2,1-2H3. The van der Waals surface area contributed by atoms with E-state index in [-0.39, 0.29) is 18.1 Å². The summed E-state index contributed by atoms with van der Waals surface area (Å²) in [4.78, 5) is 18.6. The lowest BCUT2D eigenvalue weighted by Gasteiger charge is -2.32. The Bertz CT molecular complexity index is 654. The molecule has 1 unspecified atom stereocenters. The topological polar surface area (TPSA) is 64.8 Å².